The molecule has 0 saturated carbocycles. The third-order valence-electron chi connectivity index (χ3n) is 4.53. The predicted molar refractivity (Wildman–Crippen MR) is 107 cm³/mol. The molecule has 0 radical (unpaired) electrons. The van der Waals surface area contributed by atoms with Gasteiger partial charge < -0.3 is 10.6 Å². The molecule has 0 aliphatic carbocycles. The van der Waals surface area contributed by atoms with E-state index >= 15 is 0 Å². The lowest BCUT2D eigenvalue weighted by atomic mass is 10.1. The molecule has 2 aromatic heterocycles. The smallest absolute Gasteiger partial charge is 0.329 e. The zero-order valence-corrected chi connectivity index (χ0v) is 15.9. The van der Waals surface area contributed by atoms with Gasteiger partial charge in [0.2, 0.25) is 11.8 Å². The van der Waals surface area contributed by atoms with Crippen LogP contribution in [-0.4, -0.2) is 32.5 Å². The van der Waals surface area contributed by atoms with Gasteiger partial charge in [-0.3, -0.25) is 18.7 Å². The summed E-state index contributed by atoms with van der Waals surface area (Å²) < 4.78 is 2.92. The summed E-state index contributed by atoms with van der Waals surface area (Å²) in [5, 5.41) is 5.49. The predicted octanol–water partition coefficient (Wildman–Crippen LogP) is 1.35. The van der Waals surface area contributed by atoms with Crippen LogP contribution in [0.4, 0.5) is 5.82 Å². The van der Waals surface area contributed by atoms with Gasteiger partial charge in [0.25, 0.3) is 0 Å². The largest absolute Gasteiger partial charge is 0.356 e. The Kier molecular flexibility index (Phi) is 5.88. The highest BCUT2D eigenvalue weighted by Gasteiger charge is 2.12. The summed E-state index contributed by atoms with van der Waals surface area (Å²) in [5.74, 6) is -0.117. The minimum Gasteiger partial charge on any atom is -0.356 e. The molecular formula is C20H23N5O3. The SMILES string of the molecule is Cn1c(=O)n(C)c2nc(NC(=O)CCC(=O)NCCc3ccccc3)ccc21. The van der Waals surface area contributed by atoms with E-state index in [1.54, 1.807) is 26.2 Å². The van der Waals surface area contributed by atoms with E-state index in [4.69, 9.17) is 0 Å². The van der Waals surface area contributed by atoms with E-state index in [1.807, 2.05) is 30.3 Å². The molecule has 8 heteroatoms. The Morgan fingerprint density at radius 1 is 0.964 bits per heavy atom. The first-order chi connectivity index (χ1) is 13.5. The maximum atomic E-state index is 12.1. The highest BCUT2D eigenvalue weighted by Crippen LogP contribution is 2.13. The van der Waals surface area contributed by atoms with Crippen LogP contribution < -0.4 is 16.3 Å². The molecule has 0 fully saturated rings. The van der Waals surface area contributed by atoms with Crippen molar-refractivity contribution in [1.29, 1.82) is 0 Å². The van der Waals surface area contributed by atoms with Crippen LogP contribution in [-0.2, 0) is 30.1 Å². The number of benzene rings is 1. The van der Waals surface area contributed by atoms with Gasteiger partial charge >= 0.3 is 5.69 Å². The zero-order valence-electron chi connectivity index (χ0n) is 15.9. The fraction of sp³-hybridized carbons (Fsp3) is 0.300. The monoisotopic (exact) mass is 381 g/mol. The Balaban J connectivity index is 1.47. The number of amides is 2. The van der Waals surface area contributed by atoms with Gasteiger partial charge in [0.15, 0.2) is 5.65 Å². The number of hydrogen-bond donors (Lipinski definition) is 2. The van der Waals surface area contributed by atoms with Crippen molar-refractivity contribution < 1.29 is 9.59 Å². The van der Waals surface area contributed by atoms with Gasteiger partial charge in [-0.25, -0.2) is 9.78 Å². The van der Waals surface area contributed by atoms with Gasteiger partial charge in [0, 0.05) is 33.5 Å². The molecular weight excluding hydrogens is 358 g/mol. The number of aryl methyl sites for hydroxylation is 2. The molecule has 0 aliphatic heterocycles. The summed E-state index contributed by atoms with van der Waals surface area (Å²) in [6, 6.07) is 13.2. The van der Waals surface area contributed by atoms with E-state index in [0.717, 1.165) is 12.0 Å². The van der Waals surface area contributed by atoms with E-state index in [9.17, 15) is 14.4 Å². The average Bonchev–Trinajstić information content (AvgIpc) is 2.91. The number of carbonyl (C=O) groups is 2. The topological polar surface area (TPSA) is 98.0 Å². The lowest BCUT2D eigenvalue weighted by molar-refractivity contribution is -0.124. The molecule has 0 unspecified atom stereocenters. The molecule has 0 atom stereocenters. The van der Waals surface area contributed by atoms with Crippen molar-refractivity contribution in [2.24, 2.45) is 14.1 Å². The maximum absolute atomic E-state index is 12.1. The van der Waals surface area contributed by atoms with E-state index in [2.05, 4.69) is 15.6 Å². The molecule has 0 aliphatic rings. The second kappa shape index (κ2) is 8.51. The standard InChI is InChI=1S/C20H23N5O3/c1-24-15-8-9-16(23-19(15)25(2)20(24)28)22-18(27)11-10-17(26)21-13-12-14-6-4-3-5-7-14/h3-9H,10-13H2,1-2H3,(H,21,26)(H,22,23,27). The fourth-order valence-electron chi connectivity index (χ4n) is 2.95. The number of nitrogens with zero attached hydrogens (tertiary/aromatic N) is 3. The summed E-state index contributed by atoms with van der Waals surface area (Å²) >= 11 is 0. The molecule has 0 spiro atoms. The van der Waals surface area contributed by atoms with Gasteiger partial charge in [-0.2, -0.15) is 0 Å². The third kappa shape index (κ3) is 4.46. The number of pyridine rings is 1. The van der Waals surface area contributed by atoms with Crippen molar-refractivity contribution in [3.05, 3.63) is 58.5 Å². The molecule has 8 nitrogen and oxygen atoms in total. The minimum atomic E-state index is -0.300. The van der Waals surface area contributed by atoms with Crippen molar-refractivity contribution in [2.45, 2.75) is 19.3 Å². The van der Waals surface area contributed by atoms with Gasteiger partial charge in [-0.1, -0.05) is 30.3 Å². The molecule has 1 aromatic carbocycles. The van der Waals surface area contributed by atoms with Crippen LogP contribution in [0.2, 0.25) is 0 Å². The molecule has 0 bridgehead atoms. The lowest BCUT2D eigenvalue weighted by Crippen LogP contribution is -2.26. The molecule has 3 aromatic rings. The average molecular weight is 381 g/mol. The Labute approximate surface area is 162 Å². The van der Waals surface area contributed by atoms with E-state index in [0.29, 0.717) is 23.5 Å². The van der Waals surface area contributed by atoms with Crippen molar-refractivity contribution in [3.8, 4) is 0 Å². The van der Waals surface area contributed by atoms with Gasteiger partial charge in [0.05, 0.1) is 5.52 Å². The van der Waals surface area contributed by atoms with Crippen molar-refractivity contribution >= 4 is 28.8 Å². The normalized spacial score (nSPS) is 10.8. The first-order valence-electron chi connectivity index (χ1n) is 9.08. The van der Waals surface area contributed by atoms with E-state index < -0.39 is 0 Å². The molecule has 2 heterocycles. The van der Waals surface area contributed by atoms with Crippen molar-refractivity contribution in [2.75, 3.05) is 11.9 Å². The highest BCUT2D eigenvalue weighted by molar-refractivity contribution is 5.93. The van der Waals surface area contributed by atoms with Gasteiger partial charge in [-0.15, -0.1) is 0 Å². The van der Waals surface area contributed by atoms with Crippen LogP contribution >= 0.6 is 0 Å². The number of aromatic nitrogens is 3. The fourth-order valence-corrected chi connectivity index (χ4v) is 2.95. The molecule has 3 rings (SSSR count). The van der Waals surface area contributed by atoms with Crippen LogP contribution in [0.15, 0.2) is 47.3 Å². The number of anilines is 1. The molecule has 28 heavy (non-hydrogen) atoms. The summed E-state index contributed by atoms with van der Waals surface area (Å²) in [4.78, 5) is 40.2. The Hall–Kier alpha value is -3.42. The quantitative estimate of drug-likeness (QED) is 0.645. The number of rotatable bonds is 7. The number of hydrogen-bond acceptors (Lipinski definition) is 4. The molecule has 146 valence electrons. The summed E-state index contributed by atoms with van der Waals surface area (Å²) in [6.07, 6.45) is 0.913. The van der Waals surface area contributed by atoms with Crippen LogP contribution in [0.3, 0.4) is 0 Å². The Morgan fingerprint density at radius 2 is 1.68 bits per heavy atom. The van der Waals surface area contributed by atoms with Crippen molar-refractivity contribution in [1.82, 2.24) is 19.4 Å². The van der Waals surface area contributed by atoms with Crippen LogP contribution in [0.5, 0.6) is 0 Å². The molecule has 2 amide bonds. The van der Waals surface area contributed by atoms with Crippen molar-refractivity contribution in [3.63, 3.8) is 0 Å². The second-order valence-electron chi connectivity index (χ2n) is 6.57. The molecule has 2 N–H and O–H groups in total. The van der Waals surface area contributed by atoms with Crippen LogP contribution in [0, 0.1) is 0 Å². The summed E-state index contributed by atoms with van der Waals surface area (Å²) in [7, 11) is 3.30. The Bertz CT molecular complexity index is 1050. The summed E-state index contributed by atoms with van der Waals surface area (Å²) in [6.45, 7) is 0.532. The molecule has 0 saturated heterocycles. The van der Waals surface area contributed by atoms with Crippen LogP contribution in [0.1, 0.15) is 18.4 Å². The number of imidazole rings is 1. The van der Waals surface area contributed by atoms with E-state index in [-0.39, 0.29) is 30.3 Å². The first kappa shape index (κ1) is 19.3. The number of nitrogens with one attached hydrogen (secondary N) is 2. The highest BCUT2D eigenvalue weighted by atomic mass is 16.2. The Morgan fingerprint density at radius 3 is 2.43 bits per heavy atom. The van der Waals surface area contributed by atoms with Gasteiger partial charge in [0.1, 0.15) is 5.82 Å². The number of fused-ring (bicyclic) bond motifs is 1. The lowest BCUT2D eigenvalue weighted by Gasteiger charge is -2.07. The second-order valence-corrected chi connectivity index (χ2v) is 6.57. The third-order valence-corrected chi connectivity index (χ3v) is 4.53. The number of carbonyl (C=O) groups excluding carboxylic acids is 2. The van der Waals surface area contributed by atoms with Crippen LogP contribution in [0.25, 0.3) is 11.2 Å². The first-order valence-corrected chi connectivity index (χ1v) is 9.08. The van der Waals surface area contributed by atoms with Gasteiger partial charge in [-0.05, 0) is 24.1 Å². The maximum Gasteiger partial charge on any atom is 0.329 e. The van der Waals surface area contributed by atoms with E-state index in [1.165, 1.54) is 9.13 Å². The zero-order chi connectivity index (χ0) is 20.1. The summed E-state index contributed by atoms with van der Waals surface area (Å²) in [5.41, 5.74) is 2.14. The minimum absolute atomic E-state index is 0.0601.